The highest BCUT2D eigenvalue weighted by Crippen LogP contribution is 2.17. The number of hydrogen-bond acceptors (Lipinski definition) is 3. The van der Waals surface area contributed by atoms with Crippen molar-refractivity contribution in [1.82, 2.24) is 0 Å². The van der Waals surface area contributed by atoms with Gasteiger partial charge in [0.05, 0.1) is 11.0 Å². The Morgan fingerprint density at radius 1 is 1.53 bits per heavy atom. The molecule has 0 unspecified atom stereocenters. The Labute approximate surface area is 83.6 Å². The molecule has 0 spiro atoms. The summed E-state index contributed by atoms with van der Waals surface area (Å²) in [5, 5.41) is 18.5. The maximum Gasteiger partial charge on any atom is 0.328 e. The first-order valence-electron chi connectivity index (χ1n) is 3.85. The van der Waals surface area contributed by atoms with Crippen molar-refractivity contribution in [3.63, 3.8) is 0 Å². The van der Waals surface area contributed by atoms with Crippen molar-refractivity contribution in [2.24, 2.45) is 0 Å². The molecule has 15 heavy (non-hydrogen) atoms. The van der Waals surface area contributed by atoms with Crippen molar-refractivity contribution in [1.29, 1.82) is 0 Å². The van der Waals surface area contributed by atoms with E-state index in [1.807, 2.05) is 0 Å². The van der Waals surface area contributed by atoms with E-state index in [0.29, 0.717) is 0 Å². The lowest BCUT2D eigenvalue weighted by atomic mass is 10.2. The van der Waals surface area contributed by atoms with Crippen LogP contribution in [0.3, 0.4) is 0 Å². The minimum atomic E-state index is -1.22. The monoisotopic (exact) mass is 211 g/mol. The van der Waals surface area contributed by atoms with Crippen LogP contribution in [0.1, 0.15) is 5.56 Å². The van der Waals surface area contributed by atoms with Gasteiger partial charge in [-0.15, -0.1) is 0 Å². The molecule has 0 aliphatic rings. The second-order valence-corrected chi connectivity index (χ2v) is 2.63. The number of carbonyl (C=O) groups is 1. The van der Waals surface area contributed by atoms with Gasteiger partial charge in [0.2, 0.25) is 0 Å². The summed E-state index contributed by atoms with van der Waals surface area (Å²) in [5.41, 5.74) is -0.386. The van der Waals surface area contributed by atoms with Crippen LogP contribution < -0.4 is 0 Å². The van der Waals surface area contributed by atoms with Crippen LogP contribution in [0, 0.1) is 15.9 Å². The maximum absolute atomic E-state index is 13.1. The van der Waals surface area contributed by atoms with Crippen molar-refractivity contribution in [2.45, 2.75) is 0 Å². The van der Waals surface area contributed by atoms with E-state index < -0.39 is 16.7 Å². The Bertz CT molecular complexity index is 442. The van der Waals surface area contributed by atoms with Gasteiger partial charge in [-0.2, -0.15) is 0 Å². The molecule has 0 amide bonds. The molecule has 1 N–H and O–H groups in total. The SMILES string of the molecule is O=C(O)C=Cc1ccc([N+](=O)[O-])cc1F. The third-order valence-corrected chi connectivity index (χ3v) is 1.60. The van der Waals surface area contributed by atoms with Crippen LogP contribution in [0.4, 0.5) is 10.1 Å². The van der Waals surface area contributed by atoms with Gasteiger partial charge >= 0.3 is 5.97 Å². The standard InChI is InChI=1S/C9H6FNO4/c10-8-5-7(11(14)15)3-1-6(8)2-4-9(12)13/h1-5H,(H,12,13). The summed E-state index contributed by atoms with van der Waals surface area (Å²) in [6.45, 7) is 0. The molecule has 0 saturated carbocycles. The van der Waals surface area contributed by atoms with Crippen molar-refractivity contribution in [3.05, 3.63) is 45.8 Å². The summed E-state index contributed by atoms with van der Waals surface area (Å²) in [4.78, 5) is 19.7. The van der Waals surface area contributed by atoms with Crippen LogP contribution in [0.25, 0.3) is 6.08 Å². The minimum absolute atomic E-state index is 0.0111. The summed E-state index contributed by atoms with van der Waals surface area (Å²) in [5.74, 6) is -2.05. The highest BCUT2D eigenvalue weighted by Gasteiger charge is 2.08. The van der Waals surface area contributed by atoms with Gasteiger partial charge in [0.15, 0.2) is 0 Å². The topological polar surface area (TPSA) is 80.4 Å². The van der Waals surface area contributed by atoms with Gasteiger partial charge < -0.3 is 5.11 Å². The number of benzene rings is 1. The summed E-state index contributed by atoms with van der Waals surface area (Å²) in [7, 11) is 0. The molecule has 0 aliphatic carbocycles. The Hall–Kier alpha value is -2.24. The highest BCUT2D eigenvalue weighted by atomic mass is 19.1. The molecule has 1 rings (SSSR count). The van der Waals surface area contributed by atoms with E-state index >= 15 is 0 Å². The van der Waals surface area contributed by atoms with E-state index in [-0.39, 0.29) is 11.3 Å². The Kier molecular flexibility index (Phi) is 3.12. The molecule has 0 bridgehead atoms. The Morgan fingerprint density at radius 2 is 2.20 bits per heavy atom. The Balaban J connectivity index is 3.03. The molecule has 0 aromatic heterocycles. The number of carboxylic acids is 1. The summed E-state index contributed by atoms with van der Waals surface area (Å²) in [6, 6.07) is 2.99. The first-order chi connectivity index (χ1) is 7.00. The number of aliphatic carboxylic acids is 1. The van der Waals surface area contributed by atoms with Crippen LogP contribution in [0.15, 0.2) is 24.3 Å². The third kappa shape index (κ3) is 2.87. The van der Waals surface area contributed by atoms with E-state index in [2.05, 4.69) is 0 Å². The second kappa shape index (κ2) is 4.32. The number of nitro benzene ring substituents is 1. The molecule has 1 aromatic carbocycles. The summed E-state index contributed by atoms with van der Waals surface area (Å²) < 4.78 is 13.1. The normalized spacial score (nSPS) is 10.5. The third-order valence-electron chi connectivity index (χ3n) is 1.60. The lowest BCUT2D eigenvalue weighted by Crippen LogP contribution is -1.91. The van der Waals surface area contributed by atoms with E-state index in [1.165, 1.54) is 0 Å². The van der Waals surface area contributed by atoms with Gasteiger partial charge in [-0.05, 0) is 12.1 Å². The molecular formula is C9H6FNO4. The zero-order chi connectivity index (χ0) is 11.4. The average Bonchev–Trinajstić information content (AvgIpc) is 2.15. The van der Waals surface area contributed by atoms with Crippen LogP contribution >= 0.6 is 0 Å². The highest BCUT2D eigenvalue weighted by molar-refractivity contribution is 5.85. The van der Waals surface area contributed by atoms with Gasteiger partial charge in [-0.25, -0.2) is 9.18 Å². The minimum Gasteiger partial charge on any atom is -0.478 e. The maximum atomic E-state index is 13.1. The fourth-order valence-corrected chi connectivity index (χ4v) is 0.926. The quantitative estimate of drug-likeness (QED) is 0.469. The van der Waals surface area contributed by atoms with Gasteiger partial charge in [0.25, 0.3) is 5.69 Å². The lowest BCUT2D eigenvalue weighted by Gasteiger charge is -1.96. The largest absolute Gasteiger partial charge is 0.478 e. The molecule has 0 radical (unpaired) electrons. The smallest absolute Gasteiger partial charge is 0.328 e. The average molecular weight is 211 g/mol. The zero-order valence-corrected chi connectivity index (χ0v) is 7.38. The second-order valence-electron chi connectivity index (χ2n) is 2.63. The molecule has 1 aromatic rings. The van der Waals surface area contributed by atoms with Crippen LogP contribution in [0.2, 0.25) is 0 Å². The number of rotatable bonds is 3. The molecule has 0 aliphatic heterocycles. The molecular weight excluding hydrogens is 205 g/mol. The van der Waals surface area contributed by atoms with E-state index in [9.17, 15) is 19.3 Å². The molecule has 6 heteroatoms. The number of nitrogens with zero attached hydrogens (tertiary/aromatic N) is 1. The fourth-order valence-electron chi connectivity index (χ4n) is 0.926. The first kappa shape index (κ1) is 10.8. The van der Waals surface area contributed by atoms with Crippen LogP contribution in [0.5, 0.6) is 0 Å². The van der Waals surface area contributed by atoms with Gasteiger partial charge in [0, 0.05) is 17.7 Å². The fraction of sp³-hybridized carbons (Fsp3) is 0. The van der Waals surface area contributed by atoms with Gasteiger partial charge in [-0.1, -0.05) is 0 Å². The zero-order valence-electron chi connectivity index (χ0n) is 7.38. The molecule has 78 valence electrons. The molecule has 0 saturated heterocycles. The van der Waals surface area contributed by atoms with Crippen LogP contribution in [-0.4, -0.2) is 16.0 Å². The van der Waals surface area contributed by atoms with Crippen molar-refractivity contribution < 1.29 is 19.2 Å². The predicted molar refractivity (Wildman–Crippen MR) is 49.7 cm³/mol. The molecule has 5 nitrogen and oxygen atoms in total. The van der Waals surface area contributed by atoms with E-state index in [4.69, 9.17) is 5.11 Å². The molecule has 0 fully saturated rings. The molecule has 0 atom stereocenters. The number of halogens is 1. The van der Waals surface area contributed by atoms with E-state index in [0.717, 1.165) is 30.4 Å². The summed E-state index contributed by atoms with van der Waals surface area (Å²) >= 11 is 0. The van der Waals surface area contributed by atoms with Gasteiger partial charge in [-0.3, -0.25) is 10.1 Å². The van der Waals surface area contributed by atoms with Crippen molar-refractivity contribution >= 4 is 17.7 Å². The van der Waals surface area contributed by atoms with Gasteiger partial charge in [0.1, 0.15) is 5.82 Å². The number of nitro groups is 1. The first-order valence-corrected chi connectivity index (χ1v) is 3.85. The predicted octanol–water partition coefficient (Wildman–Crippen LogP) is 1.83. The van der Waals surface area contributed by atoms with Crippen LogP contribution in [-0.2, 0) is 4.79 Å². The number of hydrogen-bond donors (Lipinski definition) is 1. The lowest BCUT2D eigenvalue weighted by molar-refractivity contribution is -0.385. The van der Waals surface area contributed by atoms with E-state index in [1.54, 1.807) is 0 Å². The number of non-ortho nitro benzene ring substituents is 1. The van der Waals surface area contributed by atoms with Crippen molar-refractivity contribution in [3.8, 4) is 0 Å². The number of carboxylic acid groups (broad SMARTS) is 1. The summed E-state index contributed by atoms with van der Waals surface area (Å²) in [6.07, 6.45) is 1.78. The Morgan fingerprint density at radius 3 is 2.67 bits per heavy atom. The molecule has 0 heterocycles. The van der Waals surface area contributed by atoms with Crippen molar-refractivity contribution in [2.75, 3.05) is 0 Å².